The fourth-order valence-electron chi connectivity index (χ4n) is 4.67. The van der Waals surface area contributed by atoms with Crippen molar-refractivity contribution in [3.05, 3.63) is 59.7 Å². The number of benzene rings is 2. The van der Waals surface area contributed by atoms with E-state index in [-0.39, 0.29) is 12.5 Å². The molecule has 0 spiro atoms. The molecule has 0 fully saturated rings. The van der Waals surface area contributed by atoms with Gasteiger partial charge in [0.15, 0.2) is 0 Å². The molecule has 0 saturated heterocycles. The van der Waals surface area contributed by atoms with Crippen molar-refractivity contribution in [2.24, 2.45) is 5.92 Å². The number of ether oxygens (including phenoxy) is 1. The second-order valence-electron chi connectivity index (χ2n) is 9.87. The first kappa shape index (κ1) is 26.3. The van der Waals surface area contributed by atoms with Crippen molar-refractivity contribution in [1.82, 2.24) is 10.6 Å². The Morgan fingerprint density at radius 1 is 1.00 bits per heavy atom. The van der Waals surface area contributed by atoms with Crippen LogP contribution in [0.5, 0.6) is 0 Å². The van der Waals surface area contributed by atoms with E-state index in [0.29, 0.717) is 31.6 Å². The highest BCUT2D eigenvalue weighted by Gasteiger charge is 2.37. The van der Waals surface area contributed by atoms with Gasteiger partial charge in [-0.2, -0.15) is 0 Å². The van der Waals surface area contributed by atoms with Gasteiger partial charge < -0.3 is 20.5 Å². The van der Waals surface area contributed by atoms with E-state index >= 15 is 0 Å². The van der Waals surface area contributed by atoms with Crippen LogP contribution in [0, 0.1) is 5.92 Å². The summed E-state index contributed by atoms with van der Waals surface area (Å²) < 4.78 is 5.62. The number of hydrogen-bond acceptors (Lipinski definition) is 4. The van der Waals surface area contributed by atoms with Crippen LogP contribution in [0.15, 0.2) is 48.5 Å². The maximum absolute atomic E-state index is 13.1. The highest BCUT2D eigenvalue weighted by atomic mass is 16.5. The number of nitrogens with one attached hydrogen (secondary N) is 2. The van der Waals surface area contributed by atoms with Crippen molar-refractivity contribution >= 4 is 18.0 Å². The van der Waals surface area contributed by atoms with Crippen LogP contribution in [-0.4, -0.2) is 41.3 Å². The summed E-state index contributed by atoms with van der Waals surface area (Å²) in [6, 6.07) is 15.1. The molecule has 7 nitrogen and oxygen atoms in total. The fourth-order valence-corrected chi connectivity index (χ4v) is 4.67. The van der Waals surface area contributed by atoms with Crippen LogP contribution in [0.2, 0.25) is 0 Å². The molecule has 2 unspecified atom stereocenters. The minimum Gasteiger partial charge on any atom is -0.480 e. The van der Waals surface area contributed by atoms with E-state index in [9.17, 15) is 19.5 Å². The fraction of sp³-hybridized carbons (Fsp3) is 0.464. The SMILES string of the molecule is CCCC(C)(NC(=O)OCC1c2ccccc2-c2ccccc21)C(=O)NC(CCC(C)C)C(=O)O. The first-order valence-electron chi connectivity index (χ1n) is 12.3. The van der Waals surface area contributed by atoms with Crippen molar-refractivity contribution in [3.63, 3.8) is 0 Å². The van der Waals surface area contributed by atoms with Gasteiger partial charge in [-0.15, -0.1) is 0 Å². The van der Waals surface area contributed by atoms with E-state index in [1.807, 2.05) is 57.2 Å². The van der Waals surface area contributed by atoms with Crippen LogP contribution in [-0.2, 0) is 14.3 Å². The molecule has 0 heterocycles. The van der Waals surface area contributed by atoms with Crippen molar-refractivity contribution in [2.75, 3.05) is 6.61 Å². The van der Waals surface area contributed by atoms with E-state index in [1.54, 1.807) is 6.92 Å². The molecule has 7 heteroatoms. The molecule has 0 radical (unpaired) electrons. The Kier molecular flexibility index (Phi) is 8.54. The molecular weight excluding hydrogens is 444 g/mol. The number of rotatable bonds is 11. The van der Waals surface area contributed by atoms with Gasteiger partial charge in [0.1, 0.15) is 18.2 Å². The van der Waals surface area contributed by atoms with Gasteiger partial charge in [-0.3, -0.25) is 4.79 Å². The van der Waals surface area contributed by atoms with Gasteiger partial charge in [0.2, 0.25) is 5.91 Å². The van der Waals surface area contributed by atoms with E-state index in [2.05, 4.69) is 22.8 Å². The molecule has 3 N–H and O–H groups in total. The maximum atomic E-state index is 13.1. The van der Waals surface area contributed by atoms with Gasteiger partial charge in [0.25, 0.3) is 0 Å². The zero-order valence-corrected chi connectivity index (χ0v) is 21.0. The molecule has 0 saturated carbocycles. The monoisotopic (exact) mass is 480 g/mol. The lowest BCUT2D eigenvalue weighted by Gasteiger charge is -2.30. The third-order valence-corrected chi connectivity index (χ3v) is 6.61. The summed E-state index contributed by atoms with van der Waals surface area (Å²) in [4.78, 5) is 37.6. The predicted molar refractivity (Wildman–Crippen MR) is 135 cm³/mol. The summed E-state index contributed by atoms with van der Waals surface area (Å²) in [7, 11) is 0. The Labute approximate surface area is 207 Å². The average molecular weight is 481 g/mol. The number of aliphatic carboxylic acids is 1. The minimum atomic E-state index is -1.29. The molecule has 1 aliphatic carbocycles. The summed E-state index contributed by atoms with van der Waals surface area (Å²) in [5, 5.41) is 14.9. The van der Waals surface area contributed by atoms with Gasteiger partial charge >= 0.3 is 12.1 Å². The standard InChI is InChI=1S/C28H36N2O5/c1-5-16-28(4,26(33)29-24(25(31)32)15-14-18(2)3)30-27(34)35-17-23-21-12-8-6-10-19(21)20-11-7-9-13-22(20)23/h6-13,18,23-24H,5,14-17H2,1-4H3,(H,29,33)(H,30,34)(H,31,32). The summed E-state index contributed by atoms with van der Waals surface area (Å²) in [6.07, 6.45) is 1.26. The Hall–Kier alpha value is -3.35. The molecular formula is C28H36N2O5. The van der Waals surface area contributed by atoms with Crippen molar-refractivity contribution < 1.29 is 24.2 Å². The Balaban J connectivity index is 1.67. The molecule has 0 aliphatic heterocycles. The number of carbonyl (C=O) groups is 3. The second-order valence-corrected chi connectivity index (χ2v) is 9.87. The minimum absolute atomic E-state index is 0.0909. The number of carboxylic acids is 1. The van der Waals surface area contributed by atoms with Crippen molar-refractivity contribution in [2.45, 2.75) is 70.9 Å². The third kappa shape index (κ3) is 6.21. The average Bonchev–Trinajstić information content (AvgIpc) is 3.13. The lowest BCUT2D eigenvalue weighted by molar-refractivity contribution is -0.143. The van der Waals surface area contributed by atoms with E-state index in [1.165, 1.54) is 0 Å². The molecule has 2 atom stereocenters. The number of amides is 2. The summed E-state index contributed by atoms with van der Waals surface area (Å²) in [5.74, 6) is -1.38. The first-order chi connectivity index (χ1) is 16.7. The molecule has 0 bridgehead atoms. The number of carboxylic acid groups (broad SMARTS) is 1. The zero-order chi connectivity index (χ0) is 25.6. The molecule has 0 aromatic heterocycles. The van der Waals surface area contributed by atoms with Gasteiger partial charge in [0.05, 0.1) is 0 Å². The van der Waals surface area contributed by atoms with E-state index in [4.69, 9.17) is 4.74 Å². The third-order valence-electron chi connectivity index (χ3n) is 6.61. The number of alkyl carbamates (subject to hydrolysis) is 1. The summed E-state index contributed by atoms with van der Waals surface area (Å²) in [5.41, 5.74) is 3.18. The Bertz CT molecular complexity index is 1020. The second kappa shape index (κ2) is 11.4. The summed E-state index contributed by atoms with van der Waals surface area (Å²) in [6.45, 7) is 7.64. The topological polar surface area (TPSA) is 105 Å². The highest BCUT2D eigenvalue weighted by molar-refractivity contribution is 5.92. The number of carbonyl (C=O) groups excluding carboxylic acids is 2. The number of hydrogen-bond donors (Lipinski definition) is 3. The first-order valence-corrected chi connectivity index (χ1v) is 12.3. The number of fused-ring (bicyclic) bond motifs is 3. The zero-order valence-electron chi connectivity index (χ0n) is 21.0. The quantitative estimate of drug-likeness (QED) is 0.416. The summed E-state index contributed by atoms with van der Waals surface area (Å²) >= 11 is 0. The molecule has 2 aromatic rings. The van der Waals surface area contributed by atoms with Gasteiger partial charge in [0, 0.05) is 5.92 Å². The van der Waals surface area contributed by atoms with Crippen LogP contribution < -0.4 is 10.6 Å². The van der Waals surface area contributed by atoms with E-state index in [0.717, 1.165) is 22.3 Å². The Morgan fingerprint density at radius 2 is 1.57 bits per heavy atom. The lowest BCUT2D eigenvalue weighted by Crippen LogP contribution is -2.59. The van der Waals surface area contributed by atoms with Crippen LogP contribution in [0.4, 0.5) is 4.79 Å². The predicted octanol–water partition coefficient (Wildman–Crippen LogP) is 5.09. The van der Waals surface area contributed by atoms with Gasteiger partial charge in [-0.05, 0) is 54.4 Å². The van der Waals surface area contributed by atoms with Gasteiger partial charge in [-0.1, -0.05) is 75.7 Å². The molecule has 2 amide bonds. The molecule has 35 heavy (non-hydrogen) atoms. The normalized spacial score (nSPS) is 15.0. The smallest absolute Gasteiger partial charge is 0.408 e. The van der Waals surface area contributed by atoms with Crippen molar-refractivity contribution in [1.29, 1.82) is 0 Å². The van der Waals surface area contributed by atoms with Crippen LogP contribution in [0.25, 0.3) is 11.1 Å². The molecule has 1 aliphatic rings. The molecule has 2 aromatic carbocycles. The van der Waals surface area contributed by atoms with Gasteiger partial charge in [-0.25, -0.2) is 9.59 Å². The highest BCUT2D eigenvalue weighted by Crippen LogP contribution is 2.44. The maximum Gasteiger partial charge on any atom is 0.408 e. The molecule has 188 valence electrons. The van der Waals surface area contributed by atoms with E-state index < -0.39 is 29.6 Å². The van der Waals surface area contributed by atoms with Crippen LogP contribution in [0.3, 0.4) is 0 Å². The Morgan fingerprint density at radius 3 is 2.09 bits per heavy atom. The molecule has 3 rings (SSSR count). The van der Waals surface area contributed by atoms with Crippen molar-refractivity contribution in [3.8, 4) is 11.1 Å². The lowest BCUT2D eigenvalue weighted by atomic mass is 9.94. The van der Waals surface area contributed by atoms with Crippen LogP contribution in [0.1, 0.15) is 70.4 Å². The van der Waals surface area contributed by atoms with Crippen LogP contribution >= 0.6 is 0 Å². The largest absolute Gasteiger partial charge is 0.480 e.